The van der Waals surface area contributed by atoms with E-state index >= 15 is 0 Å². The van der Waals surface area contributed by atoms with Crippen molar-refractivity contribution in [1.82, 2.24) is 19.7 Å². The smallest absolute Gasteiger partial charge is 0.308 e. The third-order valence-electron chi connectivity index (χ3n) is 5.52. The van der Waals surface area contributed by atoms with Crippen LogP contribution in [0.2, 0.25) is 0 Å². The molecule has 2 fully saturated rings. The van der Waals surface area contributed by atoms with Crippen LogP contribution in [0, 0.1) is 18.8 Å². The normalized spacial score (nSPS) is 23.9. The fourth-order valence-corrected chi connectivity index (χ4v) is 3.77. The Bertz CT molecular complexity index is 730. The van der Waals surface area contributed by atoms with Crippen molar-refractivity contribution in [2.24, 2.45) is 11.8 Å². The highest BCUT2D eigenvalue weighted by Gasteiger charge is 2.39. The molecule has 0 spiro atoms. The van der Waals surface area contributed by atoms with Gasteiger partial charge < -0.3 is 19.8 Å². The average molecular weight is 374 g/mol. The maximum atomic E-state index is 13.0. The zero-order valence-electron chi connectivity index (χ0n) is 15.8. The number of carboxylic acids is 1. The Morgan fingerprint density at radius 1 is 1.07 bits per heavy atom. The van der Waals surface area contributed by atoms with Crippen LogP contribution in [-0.2, 0) is 9.59 Å². The Morgan fingerprint density at radius 3 is 2.37 bits per heavy atom. The number of carbonyl (C=O) groups excluding carboxylic acids is 2. The van der Waals surface area contributed by atoms with E-state index in [4.69, 9.17) is 0 Å². The second-order valence-electron chi connectivity index (χ2n) is 7.50. The first-order valence-electron chi connectivity index (χ1n) is 9.27. The minimum atomic E-state index is -0.966. The molecule has 2 atom stereocenters. The third-order valence-corrected chi connectivity index (χ3v) is 5.52. The number of aliphatic carboxylic acids is 1. The summed E-state index contributed by atoms with van der Waals surface area (Å²) in [5.41, 5.74) is 1.24. The number of piperazine rings is 1. The number of hydrogen-bond acceptors (Lipinski definition) is 5. The second-order valence-corrected chi connectivity index (χ2v) is 7.50. The molecule has 0 bridgehead atoms. The van der Waals surface area contributed by atoms with Crippen LogP contribution in [0.15, 0.2) is 18.5 Å². The van der Waals surface area contributed by atoms with E-state index in [1.165, 1.54) is 11.1 Å². The molecule has 0 radical (unpaired) electrons. The number of carboxylic acid groups (broad SMARTS) is 1. The lowest BCUT2D eigenvalue weighted by molar-refractivity contribution is -0.147. The molecule has 8 nitrogen and oxygen atoms in total. The van der Waals surface area contributed by atoms with E-state index in [0.717, 1.165) is 18.7 Å². The number of likely N-dealkylation sites (tertiary alicyclic amines) is 1. The van der Waals surface area contributed by atoms with Crippen molar-refractivity contribution in [3.63, 3.8) is 0 Å². The average Bonchev–Trinajstić information content (AvgIpc) is 2.67. The molecule has 2 amide bonds. The van der Waals surface area contributed by atoms with Crippen LogP contribution in [0.4, 0.5) is 0 Å². The van der Waals surface area contributed by atoms with E-state index in [0.29, 0.717) is 18.7 Å². The molecular weight excluding hydrogens is 348 g/mol. The molecule has 8 heteroatoms. The standard InChI is InChI=1S/C19H26N4O4/c1-13-3-4-20-10-16(13)18(25)23-11-14(9-15(12-23)19(26)27)17(24)22-7-5-21(2)6-8-22/h3-4,10,14-15H,5-9,11-12H2,1-2H3,(H,26,27)/t14-,15+/m1/s1. The fraction of sp³-hybridized carbons (Fsp3) is 0.579. The van der Waals surface area contributed by atoms with Crippen molar-refractivity contribution in [1.29, 1.82) is 0 Å². The summed E-state index contributed by atoms with van der Waals surface area (Å²) in [7, 11) is 2.01. The Kier molecular flexibility index (Phi) is 5.74. The van der Waals surface area contributed by atoms with Gasteiger partial charge in [0.25, 0.3) is 5.91 Å². The molecule has 1 aromatic heterocycles. The molecule has 0 aliphatic carbocycles. The summed E-state index contributed by atoms with van der Waals surface area (Å²) >= 11 is 0. The van der Waals surface area contributed by atoms with Gasteiger partial charge in [-0.05, 0) is 32.0 Å². The van der Waals surface area contributed by atoms with Gasteiger partial charge in [0.05, 0.1) is 17.4 Å². The van der Waals surface area contributed by atoms with Crippen LogP contribution in [0.3, 0.4) is 0 Å². The van der Waals surface area contributed by atoms with Gasteiger partial charge in [0.2, 0.25) is 5.91 Å². The van der Waals surface area contributed by atoms with Crippen LogP contribution >= 0.6 is 0 Å². The van der Waals surface area contributed by atoms with Gasteiger partial charge >= 0.3 is 5.97 Å². The number of likely N-dealkylation sites (N-methyl/N-ethyl adjacent to an activating group) is 1. The zero-order chi connectivity index (χ0) is 19.6. The molecule has 0 aromatic carbocycles. The van der Waals surface area contributed by atoms with E-state index in [-0.39, 0.29) is 31.3 Å². The first kappa shape index (κ1) is 19.3. The summed E-state index contributed by atoms with van der Waals surface area (Å²) in [6, 6.07) is 1.75. The molecule has 1 aromatic rings. The highest BCUT2D eigenvalue weighted by molar-refractivity contribution is 5.96. The molecule has 2 aliphatic heterocycles. The lowest BCUT2D eigenvalue weighted by Crippen LogP contribution is -2.54. The minimum absolute atomic E-state index is 0.0465. The quantitative estimate of drug-likeness (QED) is 0.819. The van der Waals surface area contributed by atoms with Crippen LogP contribution in [0.1, 0.15) is 22.3 Å². The predicted octanol–water partition coefficient (Wildman–Crippen LogP) is 0.327. The molecule has 0 saturated carbocycles. The monoisotopic (exact) mass is 374 g/mol. The maximum Gasteiger partial charge on any atom is 0.308 e. The highest BCUT2D eigenvalue weighted by atomic mass is 16.4. The van der Waals surface area contributed by atoms with Gasteiger partial charge in [-0.25, -0.2) is 0 Å². The Morgan fingerprint density at radius 2 is 1.74 bits per heavy atom. The summed E-state index contributed by atoms with van der Waals surface area (Å²) in [4.78, 5) is 47.0. The van der Waals surface area contributed by atoms with Crippen LogP contribution in [0.25, 0.3) is 0 Å². The van der Waals surface area contributed by atoms with Crippen LogP contribution < -0.4 is 0 Å². The molecule has 0 unspecified atom stereocenters. The number of pyridine rings is 1. The van der Waals surface area contributed by atoms with Crippen molar-refractivity contribution < 1.29 is 19.5 Å². The van der Waals surface area contributed by atoms with Crippen molar-refractivity contribution in [3.05, 3.63) is 29.6 Å². The SMILES string of the molecule is Cc1ccncc1C(=O)N1C[C@@H](C(=O)O)C[C@@H](C(=O)N2CCN(C)CC2)C1. The lowest BCUT2D eigenvalue weighted by Gasteiger charge is -2.39. The first-order chi connectivity index (χ1) is 12.9. The number of nitrogens with zero attached hydrogens (tertiary/aromatic N) is 4. The number of aromatic nitrogens is 1. The topological polar surface area (TPSA) is 94.0 Å². The molecule has 2 saturated heterocycles. The summed E-state index contributed by atoms with van der Waals surface area (Å²) in [5, 5.41) is 9.53. The largest absolute Gasteiger partial charge is 0.481 e. The van der Waals surface area contributed by atoms with E-state index in [9.17, 15) is 19.5 Å². The summed E-state index contributed by atoms with van der Waals surface area (Å²) in [5.74, 6) is -2.49. The molecule has 3 heterocycles. The number of piperidine rings is 1. The first-order valence-corrected chi connectivity index (χ1v) is 9.27. The fourth-order valence-electron chi connectivity index (χ4n) is 3.77. The number of aryl methyl sites for hydroxylation is 1. The van der Waals surface area contributed by atoms with Crippen LogP contribution in [0.5, 0.6) is 0 Å². The Hall–Kier alpha value is -2.48. The number of carbonyl (C=O) groups is 3. The molecule has 2 aliphatic rings. The molecule has 3 rings (SSSR count). The van der Waals surface area contributed by atoms with Gasteiger partial charge in [0.1, 0.15) is 0 Å². The number of hydrogen-bond donors (Lipinski definition) is 1. The Balaban J connectivity index is 1.77. The molecule has 1 N–H and O–H groups in total. The highest BCUT2D eigenvalue weighted by Crippen LogP contribution is 2.26. The molecule has 146 valence electrons. The summed E-state index contributed by atoms with van der Waals surface area (Å²) in [6.07, 6.45) is 3.39. The second kappa shape index (κ2) is 8.04. The maximum absolute atomic E-state index is 13.0. The minimum Gasteiger partial charge on any atom is -0.481 e. The van der Waals surface area contributed by atoms with Gasteiger partial charge in [-0.15, -0.1) is 0 Å². The van der Waals surface area contributed by atoms with Crippen molar-refractivity contribution in [3.8, 4) is 0 Å². The van der Waals surface area contributed by atoms with Gasteiger partial charge in [-0.3, -0.25) is 19.4 Å². The van der Waals surface area contributed by atoms with Gasteiger partial charge in [-0.2, -0.15) is 0 Å². The van der Waals surface area contributed by atoms with E-state index in [1.807, 2.05) is 14.0 Å². The van der Waals surface area contributed by atoms with Gasteiger partial charge in [0, 0.05) is 51.7 Å². The van der Waals surface area contributed by atoms with Gasteiger partial charge in [-0.1, -0.05) is 0 Å². The van der Waals surface area contributed by atoms with E-state index < -0.39 is 17.8 Å². The summed E-state index contributed by atoms with van der Waals surface area (Å²) < 4.78 is 0. The number of amides is 2. The van der Waals surface area contributed by atoms with Gasteiger partial charge in [0.15, 0.2) is 0 Å². The molecule has 27 heavy (non-hydrogen) atoms. The van der Waals surface area contributed by atoms with Crippen molar-refractivity contribution in [2.75, 3.05) is 46.3 Å². The van der Waals surface area contributed by atoms with Crippen molar-refractivity contribution in [2.45, 2.75) is 13.3 Å². The van der Waals surface area contributed by atoms with E-state index in [1.54, 1.807) is 17.2 Å². The van der Waals surface area contributed by atoms with E-state index in [2.05, 4.69) is 9.88 Å². The lowest BCUT2D eigenvalue weighted by atomic mass is 9.87. The Labute approximate surface area is 158 Å². The predicted molar refractivity (Wildman–Crippen MR) is 98.2 cm³/mol. The van der Waals surface area contributed by atoms with Crippen molar-refractivity contribution >= 4 is 17.8 Å². The number of rotatable bonds is 3. The van der Waals surface area contributed by atoms with Crippen LogP contribution in [-0.4, -0.2) is 88.9 Å². The third kappa shape index (κ3) is 4.27. The zero-order valence-corrected chi connectivity index (χ0v) is 15.8. The molecular formula is C19H26N4O4. The summed E-state index contributed by atoms with van der Waals surface area (Å²) in [6.45, 7) is 5.08.